The number of alkyl halides is 3. The van der Waals surface area contributed by atoms with Crippen molar-refractivity contribution in [2.75, 3.05) is 24.7 Å². The molecule has 0 fully saturated rings. The second-order valence-corrected chi connectivity index (χ2v) is 4.54. The molecule has 0 amide bonds. The molecule has 0 aliphatic heterocycles. The first kappa shape index (κ1) is 15.5. The summed E-state index contributed by atoms with van der Waals surface area (Å²) in [5.41, 5.74) is 1.66. The number of nitrogen functional groups attached to an aromatic ring is 1. The molecule has 2 N–H and O–H groups in total. The van der Waals surface area contributed by atoms with Gasteiger partial charge in [-0.05, 0) is 23.9 Å². The van der Waals surface area contributed by atoms with E-state index in [0.29, 0.717) is 11.4 Å². The van der Waals surface area contributed by atoms with Crippen molar-refractivity contribution in [3.8, 4) is 5.75 Å². The minimum Gasteiger partial charge on any atom is -0.482 e. The number of rotatable bonds is 6. The van der Waals surface area contributed by atoms with E-state index in [2.05, 4.69) is 4.74 Å². The first-order valence-electron chi connectivity index (χ1n) is 5.21. The van der Waals surface area contributed by atoms with Crippen molar-refractivity contribution < 1.29 is 27.4 Å². The van der Waals surface area contributed by atoms with Gasteiger partial charge in [-0.15, -0.1) is 0 Å². The second kappa shape index (κ2) is 7.13. The predicted octanol–water partition coefficient (Wildman–Crippen LogP) is 2.44. The molecule has 1 rings (SSSR count). The highest BCUT2D eigenvalue weighted by molar-refractivity contribution is 8.00. The maximum Gasteiger partial charge on any atom is 0.441 e. The van der Waals surface area contributed by atoms with Crippen LogP contribution in [-0.4, -0.2) is 30.4 Å². The Morgan fingerprint density at radius 2 is 2.11 bits per heavy atom. The van der Waals surface area contributed by atoms with Crippen LogP contribution >= 0.6 is 11.8 Å². The standard InChI is InChI=1S/C11H12F3NO3S/c12-11(13,14)19-5-4-17-10(16)7-18-9-3-1-2-8(15)6-9/h1-3,6H,4-5,7,15H2. The maximum absolute atomic E-state index is 11.8. The number of thioether (sulfide) groups is 1. The third kappa shape index (κ3) is 7.45. The van der Waals surface area contributed by atoms with Gasteiger partial charge in [-0.1, -0.05) is 6.07 Å². The Bertz CT molecular complexity index is 426. The summed E-state index contributed by atoms with van der Waals surface area (Å²) in [6.45, 7) is -0.691. The number of halogens is 3. The van der Waals surface area contributed by atoms with Crippen molar-refractivity contribution in [1.29, 1.82) is 0 Å². The monoisotopic (exact) mass is 295 g/mol. The number of ether oxygens (including phenoxy) is 2. The van der Waals surface area contributed by atoms with E-state index in [1.165, 1.54) is 6.07 Å². The Balaban J connectivity index is 2.18. The Morgan fingerprint density at radius 3 is 2.74 bits per heavy atom. The molecule has 0 bridgehead atoms. The molecule has 19 heavy (non-hydrogen) atoms. The first-order chi connectivity index (χ1) is 8.87. The zero-order valence-corrected chi connectivity index (χ0v) is 10.6. The van der Waals surface area contributed by atoms with Crippen molar-refractivity contribution in [1.82, 2.24) is 0 Å². The summed E-state index contributed by atoms with van der Waals surface area (Å²) in [5.74, 6) is -0.681. The van der Waals surface area contributed by atoms with Crippen LogP contribution in [-0.2, 0) is 9.53 Å². The molecule has 0 radical (unpaired) electrons. The van der Waals surface area contributed by atoms with Gasteiger partial charge in [0.15, 0.2) is 6.61 Å². The van der Waals surface area contributed by atoms with Crippen LogP contribution in [0.5, 0.6) is 5.75 Å². The van der Waals surface area contributed by atoms with Crippen LogP contribution in [0.15, 0.2) is 24.3 Å². The first-order valence-corrected chi connectivity index (χ1v) is 6.20. The SMILES string of the molecule is Nc1cccc(OCC(=O)OCCSC(F)(F)F)c1. The minimum absolute atomic E-state index is 0.243. The van der Waals surface area contributed by atoms with E-state index < -0.39 is 11.5 Å². The lowest BCUT2D eigenvalue weighted by Gasteiger charge is -2.08. The summed E-state index contributed by atoms with van der Waals surface area (Å²) >= 11 is -0.243. The molecule has 4 nitrogen and oxygen atoms in total. The highest BCUT2D eigenvalue weighted by atomic mass is 32.2. The average Bonchev–Trinajstić information content (AvgIpc) is 2.31. The van der Waals surface area contributed by atoms with Crippen LogP contribution in [0.25, 0.3) is 0 Å². The Hall–Kier alpha value is -1.57. The largest absolute Gasteiger partial charge is 0.482 e. The summed E-state index contributed by atoms with van der Waals surface area (Å²) < 4.78 is 45.0. The number of esters is 1. The van der Waals surface area contributed by atoms with Crippen LogP contribution in [0.4, 0.5) is 18.9 Å². The highest BCUT2D eigenvalue weighted by Gasteiger charge is 2.27. The van der Waals surface area contributed by atoms with Crippen molar-refractivity contribution in [3.63, 3.8) is 0 Å². The van der Waals surface area contributed by atoms with E-state index in [0.717, 1.165) is 0 Å². The third-order valence-corrected chi connectivity index (χ3v) is 2.53. The molecule has 0 aromatic heterocycles. The molecule has 0 aliphatic rings. The molecule has 0 saturated carbocycles. The summed E-state index contributed by atoms with van der Waals surface area (Å²) in [5, 5.41) is 0. The Morgan fingerprint density at radius 1 is 1.37 bits per heavy atom. The van der Waals surface area contributed by atoms with Gasteiger partial charge in [-0.25, -0.2) is 4.79 Å². The number of hydrogen-bond acceptors (Lipinski definition) is 5. The Labute approximate surface area is 112 Å². The van der Waals surface area contributed by atoms with Crippen molar-refractivity contribution >= 4 is 23.4 Å². The number of hydrogen-bond donors (Lipinski definition) is 1. The topological polar surface area (TPSA) is 61.5 Å². The summed E-state index contributed by atoms with van der Waals surface area (Å²) in [7, 11) is 0. The van der Waals surface area contributed by atoms with Crippen LogP contribution in [0.2, 0.25) is 0 Å². The van der Waals surface area contributed by atoms with Crippen LogP contribution in [0.1, 0.15) is 0 Å². The van der Waals surface area contributed by atoms with Gasteiger partial charge in [0.05, 0.1) is 0 Å². The normalized spacial score (nSPS) is 11.1. The quantitative estimate of drug-likeness (QED) is 0.496. The number of nitrogens with two attached hydrogens (primary N) is 1. The predicted molar refractivity (Wildman–Crippen MR) is 65.8 cm³/mol. The second-order valence-electron chi connectivity index (χ2n) is 3.38. The zero-order chi connectivity index (χ0) is 14.3. The van der Waals surface area contributed by atoms with E-state index in [-0.39, 0.29) is 30.7 Å². The summed E-state index contributed by atoms with van der Waals surface area (Å²) in [6.07, 6.45) is 0. The highest BCUT2D eigenvalue weighted by Crippen LogP contribution is 2.29. The number of benzene rings is 1. The van der Waals surface area contributed by atoms with E-state index in [1.54, 1.807) is 18.2 Å². The molecular formula is C11H12F3NO3S. The molecule has 8 heteroatoms. The van der Waals surface area contributed by atoms with E-state index in [1.807, 2.05) is 0 Å². The molecule has 0 spiro atoms. The molecule has 106 valence electrons. The lowest BCUT2D eigenvalue weighted by molar-refractivity contribution is -0.145. The Kier molecular flexibility index (Phi) is 5.81. The third-order valence-electron chi connectivity index (χ3n) is 1.83. The lowest BCUT2D eigenvalue weighted by atomic mass is 10.3. The molecule has 1 aromatic rings. The van der Waals surface area contributed by atoms with Crippen LogP contribution in [0, 0.1) is 0 Å². The van der Waals surface area contributed by atoms with Crippen molar-refractivity contribution in [3.05, 3.63) is 24.3 Å². The molecule has 1 aromatic carbocycles. The molecule has 0 atom stereocenters. The molecule has 0 unspecified atom stereocenters. The van der Waals surface area contributed by atoms with E-state index in [4.69, 9.17) is 10.5 Å². The van der Waals surface area contributed by atoms with Crippen LogP contribution < -0.4 is 10.5 Å². The van der Waals surface area contributed by atoms with Gasteiger partial charge >= 0.3 is 11.5 Å². The number of carbonyl (C=O) groups excluding carboxylic acids is 1. The maximum atomic E-state index is 11.8. The van der Waals surface area contributed by atoms with Gasteiger partial charge in [0.2, 0.25) is 0 Å². The number of anilines is 1. The lowest BCUT2D eigenvalue weighted by Crippen LogP contribution is -2.17. The fourth-order valence-corrected chi connectivity index (χ4v) is 1.50. The molecule has 0 saturated heterocycles. The van der Waals surface area contributed by atoms with Crippen LogP contribution in [0.3, 0.4) is 0 Å². The zero-order valence-electron chi connectivity index (χ0n) is 9.77. The summed E-state index contributed by atoms with van der Waals surface area (Å²) in [6, 6.07) is 6.42. The van der Waals surface area contributed by atoms with Gasteiger partial charge in [0, 0.05) is 17.5 Å². The molecule has 0 heterocycles. The van der Waals surface area contributed by atoms with Gasteiger partial charge in [0.25, 0.3) is 0 Å². The minimum atomic E-state index is -4.32. The number of carbonyl (C=O) groups is 1. The van der Waals surface area contributed by atoms with Gasteiger partial charge in [-0.2, -0.15) is 13.2 Å². The van der Waals surface area contributed by atoms with Crippen molar-refractivity contribution in [2.24, 2.45) is 0 Å². The van der Waals surface area contributed by atoms with Gasteiger partial charge in [-0.3, -0.25) is 0 Å². The fraction of sp³-hybridized carbons (Fsp3) is 0.364. The van der Waals surface area contributed by atoms with Gasteiger partial charge < -0.3 is 15.2 Å². The smallest absolute Gasteiger partial charge is 0.441 e. The van der Waals surface area contributed by atoms with Crippen molar-refractivity contribution in [2.45, 2.75) is 5.51 Å². The molecular weight excluding hydrogens is 283 g/mol. The fourth-order valence-electron chi connectivity index (χ4n) is 1.10. The van der Waals surface area contributed by atoms with Gasteiger partial charge in [0.1, 0.15) is 12.4 Å². The van der Waals surface area contributed by atoms with E-state index in [9.17, 15) is 18.0 Å². The molecule has 0 aliphatic carbocycles. The summed E-state index contributed by atoms with van der Waals surface area (Å²) in [4.78, 5) is 11.2. The van der Waals surface area contributed by atoms with E-state index >= 15 is 0 Å². The average molecular weight is 295 g/mol.